The molecular weight excluding hydrogens is 410 g/mol. The Balaban J connectivity index is 1.33. The number of rotatable bonds is 6. The summed E-state index contributed by atoms with van der Waals surface area (Å²) < 4.78 is 1.88. The number of hydrogen-bond donors (Lipinski definition) is 0. The quantitative estimate of drug-likeness (QED) is 0.458. The lowest BCUT2D eigenvalue weighted by Crippen LogP contribution is -2.48. The van der Waals surface area contributed by atoms with Crippen LogP contribution in [0.5, 0.6) is 0 Å². The zero-order valence-corrected chi connectivity index (χ0v) is 18.5. The van der Waals surface area contributed by atoms with Gasteiger partial charge in [-0.25, -0.2) is 0 Å². The molecule has 2 aromatic heterocycles. The Morgan fingerprint density at radius 2 is 1.39 bits per heavy atom. The first kappa shape index (κ1) is 21.1. The zero-order chi connectivity index (χ0) is 22.5. The van der Waals surface area contributed by atoms with Crippen LogP contribution in [0.25, 0.3) is 11.3 Å². The molecule has 166 valence electrons. The van der Waals surface area contributed by atoms with Gasteiger partial charge < -0.3 is 4.90 Å². The van der Waals surface area contributed by atoms with Gasteiger partial charge in [-0.05, 0) is 23.3 Å². The highest BCUT2D eigenvalue weighted by Crippen LogP contribution is 2.24. The second kappa shape index (κ2) is 9.79. The molecule has 0 spiro atoms. The summed E-state index contributed by atoms with van der Waals surface area (Å²) in [5, 5.41) is 4.82. The Bertz CT molecular complexity index is 1180. The first-order valence-electron chi connectivity index (χ1n) is 11.3. The van der Waals surface area contributed by atoms with E-state index in [1.807, 2.05) is 88.8 Å². The van der Waals surface area contributed by atoms with Crippen LogP contribution < -0.4 is 0 Å². The summed E-state index contributed by atoms with van der Waals surface area (Å²) in [5.41, 5.74) is 4.78. The summed E-state index contributed by atoms with van der Waals surface area (Å²) in [6.07, 6.45) is 5.56. The van der Waals surface area contributed by atoms with Gasteiger partial charge in [-0.2, -0.15) is 5.10 Å². The molecule has 1 saturated heterocycles. The van der Waals surface area contributed by atoms with E-state index in [-0.39, 0.29) is 5.91 Å². The monoisotopic (exact) mass is 437 g/mol. The molecule has 0 atom stereocenters. The minimum absolute atomic E-state index is 0.0525. The molecule has 0 unspecified atom stereocenters. The Kier molecular flexibility index (Phi) is 6.26. The van der Waals surface area contributed by atoms with E-state index < -0.39 is 0 Å². The smallest absolute Gasteiger partial charge is 0.257 e. The van der Waals surface area contributed by atoms with Crippen molar-refractivity contribution in [2.24, 2.45) is 0 Å². The largest absolute Gasteiger partial charge is 0.336 e. The van der Waals surface area contributed by atoms with Crippen LogP contribution in [0.1, 0.15) is 21.5 Å². The molecule has 0 saturated carbocycles. The van der Waals surface area contributed by atoms with E-state index in [0.29, 0.717) is 25.2 Å². The average Bonchev–Trinajstić information content (AvgIpc) is 3.29. The van der Waals surface area contributed by atoms with Gasteiger partial charge in [0.05, 0.1) is 12.1 Å². The van der Waals surface area contributed by atoms with Crippen molar-refractivity contribution in [3.05, 3.63) is 108 Å². The number of benzene rings is 2. The SMILES string of the molecule is O=C(c1cn(Cc2ccccc2)nc1-c1ccccc1)N1CCN(Cc2ccncc2)CC1. The Labute approximate surface area is 194 Å². The van der Waals surface area contributed by atoms with Crippen LogP contribution in [0.4, 0.5) is 0 Å². The van der Waals surface area contributed by atoms with Crippen molar-refractivity contribution in [1.82, 2.24) is 24.6 Å². The Morgan fingerprint density at radius 3 is 2.09 bits per heavy atom. The fourth-order valence-corrected chi connectivity index (χ4v) is 4.26. The van der Waals surface area contributed by atoms with E-state index in [9.17, 15) is 4.79 Å². The molecule has 1 aliphatic rings. The van der Waals surface area contributed by atoms with Gasteiger partial charge in [-0.15, -0.1) is 0 Å². The van der Waals surface area contributed by atoms with E-state index in [2.05, 4.69) is 22.0 Å². The van der Waals surface area contributed by atoms with Crippen molar-refractivity contribution >= 4 is 5.91 Å². The van der Waals surface area contributed by atoms with Crippen LogP contribution >= 0.6 is 0 Å². The molecule has 1 aliphatic heterocycles. The highest BCUT2D eigenvalue weighted by atomic mass is 16.2. The molecule has 0 radical (unpaired) electrons. The fraction of sp³-hybridized carbons (Fsp3) is 0.222. The molecule has 6 nitrogen and oxygen atoms in total. The summed E-state index contributed by atoms with van der Waals surface area (Å²) in [5.74, 6) is 0.0525. The van der Waals surface area contributed by atoms with Gasteiger partial charge in [0.15, 0.2) is 0 Å². The maximum absolute atomic E-state index is 13.6. The van der Waals surface area contributed by atoms with Gasteiger partial charge in [-0.3, -0.25) is 19.4 Å². The van der Waals surface area contributed by atoms with E-state index in [1.165, 1.54) is 5.56 Å². The van der Waals surface area contributed by atoms with Crippen LogP contribution in [-0.4, -0.2) is 56.7 Å². The number of carbonyl (C=O) groups excluding carboxylic acids is 1. The van der Waals surface area contributed by atoms with Crippen molar-refractivity contribution in [2.75, 3.05) is 26.2 Å². The first-order valence-corrected chi connectivity index (χ1v) is 11.3. The number of piperazine rings is 1. The highest BCUT2D eigenvalue weighted by molar-refractivity contribution is 5.99. The fourth-order valence-electron chi connectivity index (χ4n) is 4.26. The van der Waals surface area contributed by atoms with E-state index in [0.717, 1.165) is 36.5 Å². The maximum Gasteiger partial charge on any atom is 0.257 e. The number of carbonyl (C=O) groups is 1. The molecule has 1 amide bonds. The van der Waals surface area contributed by atoms with Crippen molar-refractivity contribution in [2.45, 2.75) is 13.1 Å². The first-order chi connectivity index (χ1) is 16.3. The number of hydrogen-bond acceptors (Lipinski definition) is 4. The molecule has 0 N–H and O–H groups in total. The highest BCUT2D eigenvalue weighted by Gasteiger charge is 2.26. The summed E-state index contributed by atoms with van der Waals surface area (Å²) in [7, 11) is 0. The van der Waals surface area contributed by atoms with Crippen LogP contribution in [0.3, 0.4) is 0 Å². The minimum Gasteiger partial charge on any atom is -0.336 e. The normalized spacial score (nSPS) is 14.4. The predicted molar refractivity (Wildman–Crippen MR) is 129 cm³/mol. The Hall–Kier alpha value is -3.77. The van der Waals surface area contributed by atoms with Crippen molar-refractivity contribution < 1.29 is 4.79 Å². The molecule has 33 heavy (non-hydrogen) atoms. The van der Waals surface area contributed by atoms with Gasteiger partial charge in [0.25, 0.3) is 5.91 Å². The van der Waals surface area contributed by atoms with Gasteiger partial charge in [-0.1, -0.05) is 60.7 Å². The molecular formula is C27H27N5O. The average molecular weight is 438 g/mol. The van der Waals surface area contributed by atoms with E-state index >= 15 is 0 Å². The third kappa shape index (κ3) is 5.02. The van der Waals surface area contributed by atoms with Crippen LogP contribution in [0.15, 0.2) is 91.4 Å². The molecule has 0 bridgehead atoms. The van der Waals surface area contributed by atoms with Gasteiger partial charge >= 0.3 is 0 Å². The molecule has 0 aliphatic carbocycles. The third-order valence-electron chi connectivity index (χ3n) is 6.04. The van der Waals surface area contributed by atoms with Crippen molar-refractivity contribution in [3.8, 4) is 11.3 Å². The van der Waals surface area contributed by atoms with E-state index in [4.69, 9.17) is 5.10 Å². The molecule has 6 heteroatoms. The topological polar surface area (TPSA) is 54.3 Å². The lowest BCUT2D eigenvalue weighted by atomic mass is 10.1. The van der Waals surface area contributed by atoms with Crippen molar-refractivity contribution in [3.63, 3.8) is 0 Å². The van der Waals surface area contributed by atoms with Crippen LogP contribution in [0.2, 0.25) is 0 Å². The predicted octanol–water partition coefficient (Wildman–Crippen LogP) is 3.95. The van der Waals surface area contributed by atoms with Crippen LogP contribution in [-0.2, 0) is 13.1 Å². The molecule has 3 heterocycles. The molecule has 4 aromatic rings. The number of amides is 1. The molecule has 1 fully saturated rings. The van der Waals surface area contributed by atoms with Gasteiger partial charge in [0.2, 0.25) is 0 Å². The summed E-state index contributed by atoms with van der Waals surface area (Å²) in [6, 6.07) is 24.3. The summed E-state index contributed by atoms with van der Waals surface area (Å²) >= 11 is 0. The van der Waals surface area contributed by atoms with Gasteiger partial charge in [0.1, 0.15) is 5.69 Å². The number of nitrogens with zero attached hydrogens (tertiary/aromatic N) is 5. The van der Waals surface area contributed by atoms with Crippen molar-refractivity contribution in [1.29, 1.82) is 0 Å². The minimum atomic E-state index is 0.0525. The standard InChI is InChI=1S/C27H27N5O/c33-27(31-17-15-30(16-18-31)19-23-11-13-28-14-12-23)25-21-32(20-22-7-3-1-4-8-22)29-26(25)24-9-5-2-6-10-24/h1-14,21H,15-20H2. The van der Waals surface area contributed by atoms with Crippen LogP contribution in [0, 0.1) is 0 Å². The molecule has 5 rings (SSSR count). The summed E-state index contributed by atoms with van der Waals surface area (Å²) in [4.78, 5) is 22.0. The maximum atomic E-state index is 13.6. The molecule has 2 aromatic carbocycles. The lowest BCUT2D eigenvalue weighted by molar-refractivity contribution is 0.0629. The zero-order valence-electron chi connectivity index (χ0n) is 18.5. The second-order valence-corrected chi connectivity index (χ2v) is 8.36. The third-order valence-corrected chi connectivity index (χ3v) is 6.04. The van der Waals surface area contributed by atoms with E-state index in [1.54, 1.807) is 0 Å². The Morgan fingerprint density at radius 1 is 0.758 bits per heavy atom. The van der Waals surface area contributed by atoms with Gasteiger partial charge in [0, 0.05) is 56.9 Å². The number of pyridine rings is 1. The second-order valence-electron chi connectivity index (χ2n) is 8.36. The lowest BCUT2D eigenvalue weighted by Gasteiger charge is -2.34. The summed E-state index contributed by atoms with van der Waals surface area (Å²) in [6.45, 7) is 4.65. The number of aromatic nitrogens is 3.